The molecule has 1 heterocycles. The quantitative estimate of drug-likeness (QED) is 0.658. The molecular weight excluding hydrogens is 352 g/mol. The van der Waals surface area contributed by atoms with E-state index in [4.69, 9.17) is 10.7 Å². The van der Waals surface area contributed by atoms with Crippen LogP contribution in [-0.2, 0) is 0 Å². The first-order valence-electron chi connectivity index (χ1n) is 11.2. The van der Waals surface area contributed by atoms with Crippen LogP contribution in [0.2, 0.25) is 0 Å². The number of thiazole rings is 1. The first-order valence-corrected chi connectivity index (χ1v) is 12.0. The van der Waals surface area contributed by atoms with Crippen molar-refractivity contribution in [3.63, 3.8) is 0 Å². The Bertz CT molecular complexity index is 730. The van der Waals surface area contributed by atoms with Gasteiger partial charge < -0.3 is 10.8 Å². The summed E-state index contributed by atoms with van der Waals surface area (Å²) < 4.78 is 0. The van der Waals surface area contributed by atoms with Gasteiger partial charge in [0.25, 0.3) is 0 Å². The van der Waals surface area contributed by atoms with Crippen molar-refractivity contribution in [1.29, 1.82) is 0 Å². The summed E-state index contributed by atoms with van der Waals surface area (Å²) in [6.45, 7) is 7.22. The van der Waals surface area contributed by atoms with E-state index < -0.39 is 5.60 Å². The number of nitrogens with zero attached hydrogens (tertiary/aromatic N) is 1. The van der Waals surface area contributed by atoms with Gasteiger partial charge in [-0.05, 0) is 99.2 Å². The van der Waals surface area contributed by atoms with E-state index in [9.17, 15) is 5.11 Å². The van der Waals surface area contributed by atoms with Crippen LogP contribution in [-0.4, -0.2) is 15.7 Å². The molecule has 4 aliphatic rings. The molecule has 4 saturated carbocycles. The lowest BCUT2D eigenvalue weighted by atomic mass is 9.44. The van der Waals surface area contributed by atoms with E-state index in [1.165, 1.54) is 50.6 Å². The van der Waals surface area contributed by atoms with Crippen LogP contribution in [0.5, 0.6) is 0 Å². The molecule has 0 amide bonds. The smallest absolute Gasteiger partial charge is 0.180 e. The highest BCUT2D eigenvalue weighted by Gasteiger charge is 2.61. The van der Waals surface area contributed by atoms with Crippen LogP contribution in [0.15, 0.2) is 5.38 Å². The number of aromatic nitrogens is 1. The third-order valence-electron chi connectivity index (χ3n) is 9.85. The maximum absolute atomic E-state index is 10.7. The normalized spacial score (nSPS) is 52.1. The molecule has 3 N–H and O–H groups in total. The van der Waals surface area contributed by atoms with Crippen LogP contribution < -0.4 is 5.73 Å². The second kappa shape index (κ2) is 5.95. The van der Waals surface area contributed by atoms with Crippen LogP contribution in [0.3, 0.4) is 0 Å². The summed E-state index contributed by atoms with van der Waals surface area (Å²) in [7, 11) is 0. The lowest BCUT2D eigenvalue weighted by Gasteiger charge is -2.61. The van der Waals surface area contributed by atoms with Gasteiger partial charge in [-0.1, -0.05) is 13.8 Å². The molecule has 0 bridgehead atoms. The summed E-state index contributed by atoms with van der Waals surface area (Å²) in [5, 5.41) is 13.6. The van der Waals surface area contributed by atoms with Crippen molar-refractivity contribution in [3.05, 3.63) is 11.1 Å². The Labute approximate surface area is 168 Å². The Morgan fingerprint density at radius 2 is 1.78 bits per heavy atom. The van der Waals surface area contributed by atoms with Crippen LogP contribution in [0, 0.1) is 34.5 Å². The van der Waals surface area contributed by atoms with Crippen LogP contribution in [0.25, 0.3) is 0 Å². The van der Waals surface area contributed by atoms with Gasteiger partial charge in [0, 0.05) is 11.3 Å². The van der Waals surface area contributed by atoms with Gasteiger partial charge in [-0.15, -0.1) is 11.3 Å². The summed E-state index contributed by atoms with van der Waals surface area (Å²) in [4.78, 5) is 4.70. The van der Waals surface area contributed by atoms with Gasteiger partial charge in [0.05, 0.1) is 11.3 Å². The summed E-state index contributed by atoms with van der Waals surface area (Å²) >= 11 is 1.61. The minimum Gasteiger partial charge on any atom is -0.390 e. The van der Waals surface area contributed by atoms with E-state index >= 15 is 0 Å². The third kappa shape index (κ3) is 2.65. The van der Waals surface area contributed by atoms with Gasteiger partial charge >= 0.3 is 0 Å². The highest BCUT2D eigenvalue weighted by atomic mass is 32.1. The Kier molecular flexibility index (Phi) is 4.06. The molecule has 0 aliphatic heterocycles. The fraction of sp³-hybridized carbons (Fsp3) is 0.870. The molecule has 3 nitrogen and oxygen atoms in total. The monoisotopic (exact) mass is 388 g/mol. The second-order valence-electron chi connectivity index (χ2n) is 11.1. The average Bonchev–Trinajstić information content (AvgIpc) is 3.18. The zero-order valence-electron chi connectivity index (χ0n) is 17.2. The van der Waals surface area contributed by atoms with Crippen molar-refractivity contribution < 1.29 is 5.11 Å². The number of hydrogen-bond donors (Lipinski definition) is 2. The molecule has 5 rings (SSSR count). The maximum Gasteiger partial charge on any atom is 0.180 e. The van der Waals surface area contributed by atoms with E-state index in [-0.39, 0.29) is 0 Å². The summed E-state index contributed by atoms with van der Waals surface area (Å²) in [6, 6.07) is 0. The highest BCUT2D eigenvalue weighted by Crippen LogP contribution is 2.69. The molecule has 1 aromatic rings. The van der Waals surface area contributed by atoms with Crippen LogP contribution in [0.1, 0.15) is 90.2 Å². The molecule has 0 aromatic carbocycles. The minimum absolute atomic E-state index is 0.408. The molecule has 3 unspecified atom stereocenters. The fourth-order valence-corrected chi connectivity index (χ4v) is 8.99. The van der Waals surface area contributed by atoms with Crippen molar-refractivity contribution in [2.24, 2.45) is 34.5 Å². The zero-order valence-corrected chi connectivity index (χ0v) is 18.0. The lowest BCUT2D eigenvalue weighted by Crippen LogP contribution is -2.55. The zero-order chi connectivity index (χ0) is 19.0. The first-order chi connectivity index (χ1) is 12.7. The van der Waals surface area contributed by atoms with Crippen molar-refractivity contribution in [2.45, 2.75) is 90.1 Å². The molecule has 4 heteroatoms. The minimum atomic E-state index is -0.427. The summed E-state index contributed by atoms with van der Waals surface area (Å²) in [5.74, 6) is 3.93. The number of hydrogen-bond acceptors (Lipinski definition) is 4. The molecule has 0 saturated heterocycles. The molecule has 150 valence electrons. The number of fused-ring (bicyclic) bond motifs is 5. The predicted molar refractivity (Wildman–Crippen MR) is 112 cm³/mol. The lowest BCUT2D eigenvalue weighted by molar-refractivity contribution is -0.143. The summed E-state index contributed by atoms with van der Waals surface area (Å²) in [5.41, 5.74) is 7.67. The van der Waals surface area contributed by atoms with Crippen molar-refractivity contribution in [2.75, 3.05) is 5.73 Å². The predicted octanol–water partition coefficient (Wildman–Crippen LogP) is 5.60. The Hall–Kier alpha value is -0.610. The number of rotatable bonds is 1. The number of nitrogen functional groups attached to an aromatic ring is 1. The molecule has 1 aromatic heterocycles. The topological polar surface area (TPSA) is 59.1 Å². The molecule has 8 atom stereocenters. The van der Waals surface area contributed by atoms with Gasteiger partial charge in [-0.25, -0.2) is 4.98 Å². The van der Waals surface area contributed by atoms with Crippen molar-refractivity contribution in [3.8, 4) is 0 Å². The Balaban J connectivity index is 1.42. The molecule has 27 heavy (non-hydrogen) atoms. The van der Waals surface area contributed by atoms with Crippen molar-refractivity contribution in [1.82, 2.24) is 4.98 Å². The van der Waals surface area contributed by atoms with Crippen LogP contribution in [0.4, 0.5) is 5.13 Å². The number of aliphatic hydroxyl groups is 1. The second-order valence-corrected chi connectivity index (χ2v) is 12.0. The van der Waals surface area contributed by atoms with Crippen molar-refractivity contribution >= 4 is 16.5 Å². The summed E-state index contributed by atoms with van der Waals surface area (Å²) in [6.07, 6.45) is 11.3. The van der Waals surface area contributed by atoms with Crippen LogP contribution >= 0.6 is 11.3 Å². The van der Waals surface area contributed by atoms with E-state index in [0.717, 1.165) is 41.6 Å². The number of nitrogens with two attached hydrogens (primary N) is 1. The standard InChI is InChI=1S/C23H36N2OS/c1-21(26)10-11-22(2)14(12-21)4-5-15-16-6-7-18(19-13-27-20(24)25-19)23(16,3)9-8-17(15)22/h13-18,26H,4-12H2,1-3H3,(H2,24,25)/t14-,15?,16?,17?,18+,21+,22-,23-/m0/s1. The fourth-order valence-electron chi connectivity index (χ4n) is 8.38. The number of anilines is 1. The molecular formula is C23H36N2OS. The SMILES string of the molecule is C[C@@]1(O)CC[C@]2(C)C3CC[C@@]4(C)C(CC[C@@H]4c4csc(N)n4)C3CC[C@H]2C1. The van der Waals surface area contributed by atoms with Gasteiger partial charge in [0.15, 0.2) is 5.13 Å². The maximum atomic E-state index is 10.7. The average molecular weight is 389 g/mol. The Morgan fingerprint density at radius 3 is 2.52 bits per heavy atom. The molecule has 4 fully saturated rings. The highest BCUT2D eigenvalue weighted by molar-refractivity contribution is 7.13. The van der Waals surface area contributed by atoms with E-state index in [1.807, 2.05) is 0 Å². The van der Waals surface area contributed by atoms with E-state index in [2.05, 4.69) is 26.2 Å². The molecule has 0 radical (unpaired) electrons. The largest absolute Gasteiger partial charge is 0.390 e. The van der Waals surface area contributed by atoms with Gasteiger partial charge in [-0.3, -0.25) is 0 Å². The molecule has 4 aliphatic carbocycles. The third-order valence-corrected chi connectivity index (χ3v) is 10.5. The van der Waals surface area contributed by atoms with Gasteiger partial charge in [-0.2, -0.15) is 0 Å². The van der Waals surface area contributed by atoms with Gasteiger partial charge in [0.1, 0.15) is 0 Å². The van der Waals surface area contributed by atoms with E-state index in [0.29, 0.717) is 16.7 Å². The molecule has 0 spiro atoms. The Morgan fingerprint density at radius 1 is 1.00 bits per heavy atom. The van der Waals surface area contributed by atoms with E-state index in [1.54, 1.807) is 11.3 Å². The van der Waals surface area contributed by atoms with Gasteiger partial charge in [0.2, 0.25) is 0 Å². The first kappa shape index (κ1) is 18.4.